The summed E-state index contributed by atoms with van der Waals surface area (Å²) in [6.07, 6.45) is 1.01. The summed E-state index contributed by atoms with van der Waals surface area (Å²) in [6.45, 7) is 8.71. The van der Waals surface area contributed by atoms with Crippen molar-refractivity contribution in [2.45, 2.75) is 34.1 Å². The zero-order valence-corrected chi connectivity index (χ0v) is 24.4. The van der Waals surface area contributed by atoms with Crippen molar-refractivity contribution in [2.24, 2.45) is 0 Å². The third-order valence-electron chi connectivity index (χ3n) is 8.21. The number of rotatable bonds is 6. The molecule has 0 heterocycles. The molecule has 0 saturated heterocycles. The first-order chi connectivity index (χ1) is 20.0. The molecule has 41 heavy (non-hydrogen) atoms. The van der Waals surface area contributed by atoms with Crippen LogP contribution in [0.5, 0.6) is 0 Å². The Labute approximate surface area is 245 Å². The summed E-state index contributed by atoms with van der Waals surface area (Å²) in [5.74, 6) is 0. The van der Waals surface area contributed by atoms with Gasteiger partial charge in [0.2, 0.25) is 0 Å². The molecule has 0 fully saturated rings. The summed E-state index contributed by atoms with van der Waals surface area (Å²) < 4.78 is 0. The van der Waals surface area contributed by atoms with Gasteiger partial charge in [-0.15, -0.1) is 0 Å². The fourth-order valence-electron chi connectivity index (χ4n) is 5.69. The second-order valence-electron chi connectivity index (χ2n) is 11.1. The third-order valence-corrected chi connectivity index (χ3v) is 8.21. The van der Waals surface area contributed by atoms with Crippen LogP contribution >= 0.6 is 0 Å². The van der Waals surface area contributed by atoms with Crippen molar-refractivity contribution < 1.29 is 0 Å². The van der Waals surface area contributed by atoms with Crippen LogP contribution in [-0.4, -0.2) is 0 Å². The predicted molar refractivity (Wildman–Crippen MR) is 177 cm³/mol. The maximum Gasteiger partial charge on any atom is -0.0152 e. The van der Waals surface area contributed by atoms with E-state index in [1.165, 1.54) is 77.9 Å². The van der Waals surface area contributed by atoms with Crippen LogP contribution in [0.15, 0.2) is 133 Å². The van der Waals surface area contributed by atoms with E-state index in [9.17, 15) is 0 Å². The zero-order valence-electron chi connectivity index (χ0n) is 24.4. The first-order valence-corrected chi connectivity index (χ1v) is 14.6. The van der Waals surface area contributed by atoms with Crippen molar-refractivity contribution in [1.82, 2.24) is 0 Å². The van der Waals surface area contributed by atoms with E-state index in [-0.39, 0.29) is 0 Å². The summed E-state index contributed by atoms with van der Waals surface area (Å²) >= 11 is 0. The molecule has 0 aromatic heterocycles. The summed E-state index contributed by atoms with van der Waals surface area (Å²) in [6, 6.07) is 49.2. The van der Waals surface area contributed by atoms with Gasteiger partial charge in [0.05, 0.1) is 0 Å². The van der Waals surface area contributed by atoms with Crippen LogP contribution in [-0.2, 0) is 6.42 Å². The highest BCUT2D eigenvalue weighted by atomic mass is 14.1. The maximum atomic E-state index is 2.35. The van der Waals surface area contributed by atoms with Crippen LogP contribution in [0.1, 0.15) is 29.2 Å². The lowest BCUT2D eigenvalue weighted by atomic mass is 9.92. The van der Waals surface area contributed by atoms with Crippen LogP contribution in [0, 0.1) is 20.8 Å². The van der Waals surface area contributed by atoms with Crippen LogP contribution in [0.3, 0.4) is 0 Å². The van der Waals surface area contributed by atoms with Crippen LogP contribution in [0.4, 0.5) is 0 Å². The molecule has 0 amide bonds. The first kappa shape index (κ1) is 26.5. The van der Waals surface area contributed by atoms with E-state index in [1.54, 1.807) is 0 Å². The predicted octanol–water partition coefficient (Wildman–Crippen LogP) is 11.5. The Morgan fingerprint density at radius 3 is 1.12 bits per heavy atom. The monoisotopic (exact) mass is 528 g/mol. The Balaban J connectivity index is 1.20. The summed E-state index contributed by atoms with van der Waals surface area (Å²) in [7, 11) is 0. The fourth-order valence-corrected chi connectivity index (χ4v) is 5.69. The van der Waals surface area contributed by atoms with Gasteiger partial charge in [-0.3, -0.25) is 0 Å². The lowest BCUT2D eigenvalue weighted by Crippen LogP contribution is -1.90. The van der Waals surface area contributed by atoms with Crippen LogP contribution in [0.2, 0.25) is 0 Å². The Hall–Kier alpha value is -4.68. The Morgan fingerprint density at radius 1 is 0.341 bits per heavy atom. The Bertz CT molecular complexity index is 1780. The lowest BCUT2D eigenvalue weighted by Gasteiger charge is -2.12. The Kier molecular flexibility index (Phi) is 7.40. The number of hydrogen-bond donors (Lipinski definition) is 0. The highest BCUT2D eigenvalue weighted by Crippen LogP contribution is 2.33. The molecule has 0 N–H and O–H groups in total. The number of benzene rings is 6. The van der Waals surface area contributed by atoms with Crippen molar-refractivity contribution in [3.05, 3.63) is 156 Å². The minimum Gasteiger partial charge on any atom is -0.0613 e. The molecule has 0 nitrogen and oxygen atoms in total. The number of hydrogen-bond acceptors (Lipinski definition) is 0. The maximum absolute atomic E-state index is 2.35. The first-order valence-electron chi connectivity index (χ1n) is 14.6. The molecule has 0 bridgehead atoms. The standard InChI is InChI=1S/C41H36/c1-5-31-27-39(23-25-41(31)37-12-8-29(3)9-13-37)35-20-16-33(17-21-35)32-14-18-34(19-15-32)38-22-24-40(30(4)26-38)36-10-6-28(2)7-11-36/h6-27H,5H2,1-4H3. The highest BCUT2D eigenvalue weighted by Gasteiger charge is 2.09. The fraction of sp³-hybridized carbons (Fsp3) is 0.122. The average molecular weight is 529 g/mol. The third kappa shape index (κ3) is 5.65. The molecule has 0 heteroatoms. The minimum absolute atomic E-state index is 1.01. The van der Waals surface area contributed by atoms with E-state index in [0.29, 0.717) is 0 Å². The second-order valence-corrected chi connectivity index (χ2v) is 11.1. The molecule has 0 aliphatic rings. The van der Waals surface area contributed by atoms with Gasteiger partial charge in [-0.05, 0) is 94.0 Å². The van der Waals surface area contributed by atoms with Crippen LogP contribution in [0.25, 0.3) is 55.6 Å². The molecule has 0 unspecified atom stereocenters. The quantitative estimate of drug-likeness (QED) is 0.202. The van der Waals surface area contributed by atoms with E-state index in [0.717, 1.165) is 6.42 Å². The van der Waals surface area contributed by atoms with Gasteiger partial charge in [-0.25, -0.2) is 0 Å². The van der Waals surface area contributed by atoms with Crippen molar-refractivity contribution in [1.29, 1.82) is 0 Å². The molecule has 0 radical (unpaired) electrons. The molecule has 0 atom stereocenters. The highest BCUT2D eigenvalue weighted by molar-refractivity contribution is 5.78. The van der Waals surface area contributed by atoms with Gasteiger partial charge in [0.1, 0.15) is 0 Å². The van der Waals surface area contributed by atoms with Gasteiger partial charge >= 0.3 is 0 Å². The van der Waals surface area contributed by atoms with Gasteiger partial charge < -0.3 is 0 Å². The molecule has 200 valence electrons. The molecular formula is C41H36. The van der Waals surface area contributed by atoms with E-state index in [2.05, 4.69) is 161 Å². The smallest absolute Gasteiger partial charge is 0.0152 e. The van der Waals surface area contributed by atoms with Crippen LogP contribution < -0.4 is 0 Å². The van der Waals surface area contributed by atoms with Crippen molar-refractivity contribution in [3.63, 3.8) is 0 Å². The molecule has 6 aromatic rings. The molecule has 6 rings (SSSR count). The van der Waals surface area contributed by atoms with E-state index >= 15 is 0 Å². The van der Waals surface area contributed by atoms with E-state index in [4.69, 9.17) is 0 Å². The average Bonchev–Trinajstić information content (AvgIpc) is 3.02. The van der Waals surface area contributed by atoms with Gasteiger partial charge in [0.15, 0.2) is 0 Å². The molecule has 0 saturated carbocycles. The lowest BCUT2D eigenvalue weighted by molar-refractivity contribution is 1.14. The molecule has 6 aromatic carbocycles. The molecule has 0 aliphatic carbocycles. The zero-order chi connectivity index (χ0) is 28.3. The van der Waals surface area contributed by atoms with Gasteiger partial charge in [-0.2, -0.15) is 0 Å². The summed E-state index contributed by atoms with van der Waals surface area (Å²) in [5.41, 5.74) is 17.9. The van der Waals surface area contributed by atoms with Gasteiger partial charge in [0.25, 0.3) is 0 Å². The molecule has 0 spiro atoms. The van der Waals surface area contributed by atoms with E-state index < -0.39 is 0 Å². The molecule has 0 aliphatic heterocycles. The summed E-state index contributed by atoms with van der Waals surface area (Å²) in [4.78, 5) is 0. The van der Waals surface area contributed by atoms with Crippen molar-refractivity contribution in [3.8, 4) is 55.6 Å². The second kappa shape index (κ2) is 11.4. The van der Waals surface area contributed by atoms with Gasteiger partial charge in [-0.1, -0.05) is 152 Å². The largest absolute Gasteiger partial charge is 0.0613 e. The normalized spacial score (nSPS) is 11.0. The topological polar surface area (TPSA) is 0 Å². The molecular weight excluding hydrogens is 492 g/mol. The SMILES string of the molecule is CCc1cc(-c2ccc(-c3ccc(-c4ccc(-c5ccc(C)cc5)c(C)c4)cc3)cc2)ccc1-c1ccc(C)cc1. The Morgan fingerprint density at radius 2 is 0.683 bits per heavy atom. The van der Waals surface area contributed by atoms with Crippen molar-refractivity contribution in [2.75, 3.05) is 0 Å². The van der Waals surface area contributed by atoms with Crippen molar-refractivity contribution >= 4 is 0 Å². The van der Waals surface area contributed by atoms with Gasteiger partial charge in [0, 0.05) is 0 Å². The van der Waals surface area contributed by atoms with E-state index in [1.807, 2.05) is 0 Å². The summed E-state index contributed by atoms with van der Waals surface area (Å²) in [5, 5.41) is 0. The minimum atomic E-state index is 1.01. The number of aryl methyl sites for hydroxylation is 4.